The van der Waals surface area contributed by atoms with E-state index in [1.54, 1.807) is 34.1 Å². The smallest absolute Gasteiger partial charge is 0.191 e. The van der Waals surface area contributed by atoms with Crippen LogP contribution in [0.2, 0.25) is 0 Å². The molecule has 0 spiro atoms. The van der Waals surface area contributed by atoms with Crippen LogP contribution >= 0.6 is 23.1 Å². The number of anilines is 2. The number of rotatable bonds is 6. The molecule has 0 atom stereocenters. The molecule has 0 saturated heterocycles. The Morgan fingerprint density at radius 1 is 1.11 bits per heavy atom. The third-order valence-corrected chi connectivity index (χ3v) is 6.01. The second kappa shape index (κ2) is 8.12. The molecule has 2 aromatic heterocycles. The van der Waals surface area contributed by atoms with E-state index in [0.717, 1.165) is 21.7 Å². The maximum Gasteiger partial charge on any atom is 0.191 e. The van der Waals surface area contributed by atoms with Gasteiger partial charge in [-0.1, -0.05) is 41.6 Å². The maximum absolute atomic E-state index is 14.0. The second-order valence-electron chi connectivity index (χ2n) is 6.27. The van der Waals surface area contributed by atoms with Gasteiger partial charge in [0, 0.05) is 23.9 Å². The third kappa shape index (κ3) is 4.07. The summed E-state index contributed by atoms with van der Waals surface area (Å²) in [5.74, 6) is 0.872. The molecule has 0 bridgehead atoms. The fourth-order valence-corrected chi connectivity index (χ4v) is 4.29. The van der Waals surface area contributed by atoms with E-state index in [1.807, 2.05) is 24.6 Å². The Balaban J connectivity index is 1.42. The van der Waals surface area contributed by atoms with E-state index >= 15 is 0 Å². The minimum atomic E-state index is -0.305. The molecule has 2 heterocycles. The predicted octanol–water partition coefficient (Wildman–Crippen LogP) is 5.42. The lowest BCUT2D eigenvalue weighted by molar-refractivity contribution is 0.628. The highest BCUT2D eigenvalue weighted by atomic mass is 32.2. The van der Waals surface area contributed by atoms with Crippen LogP contribution in [0.5, 0.6) is 0 Å². The van der Waals surface area contributed by atoms with Crippen molar-refractivity contribution in [3.63, 3.8) is 0 Å². The summed E-state index contributed by atoms with van der Waals surface area (Å²) in [5.41, 5.74) is 3.64. The third-order valence-electron chi connectivity index (χ3n) is 4.15. The molecule has 0 amide bonds. The average molecular weight is 412 g/mol. The molecule has 5 nitrogen and oxygen atoms in total. The van der Waals surface area contributed by atoms with Crippen molar-refractivity contribution in [2.24, 2.45) is 7.05 Å². The van der Waals surface area contributed by atoms with Gasteiger partial charge in [0.25, 0.3) is 0 Å². The zero-order chi connectivity index (χ0) is 19.5. The van der Waals surface area contributed by atoms with E-state index in [9.17, 15) is 4.39 Å². The molecule has 0 aliphatic carbocycles. The van der Waals surface area contributed by atoms with E-state index in [-0.39, 0.29) is 5.82 Å². The number of benzene rings is 2. The van der Waals surface area contributed by atoms with Gasteiger partial charge in [0.1, 0.15) is 5.82 Å². The van der Waals surface area contributed by atoms with Crippen molar-refractivity contribution in [2.75, 3.05) is 5.32 Å². The number of thiazole rings is 1. The fourth-order valence-electron chi connectivity index (χ4n) is 2.65. The number of aryl methyl sites for hydroxylation is 1. The molecule has 0 radical (unpaired) electrons. The highest BCUT2D eigenvalue weighted by Gasteiger charge is 2.15. The first-order valence-electron chi connectivity index (χ1n) is 8.65. The molecular formula is C20H18FN5S2. The van der Waals surface area contributed by atoms with Crippen LogP contribution in [0.1, 0.15) is 11.3 Å². The molecular weight excluding hydrogens is 393 g/mol. The standard InChI is InChI=1S/C20H18FN5S2/c1-13-7-9-14(10-8-13)22-19-23-15(11-27-19)12-28-20-25-24-18(26(20)2)16-5-3-4-6-17(16)21/h3-11H,12H2,1-2H3,(H,22,23). The van der Waals surface area contributed by atoms with Crippen molar-refractivity contribution in [3.05, 3.63) is 71.0 Å². The van der Waals surface area contributed by atoms with Crippen LogP contribution in [0.25, 0.3) is 11.4 Å². The van der Waals surface area contributed by atoms with E-state index in [1.165, 1.54) is 23.4 Å². The minimum absolute atomic E-state index is 0.305. The topological polar surface area (TPSA) is 55.6 Å². The van der Waals surface area contributed by atoms with Crippen LogP contribution in [0.3, 0.4) is 0 Å². The van der Waals surface area contributed by atoms with E-state index in [4.69, 9.17) is 0 Å². The SMILES string of the molecule is Cc1ccc(Nc2nc(CSc3nnc(-c4ccccc4F)n3C)cs2)cc1. The number of nitrogens with one attached hydrogen (secondary N) is 1. The zero-order valence-electron chi connectivity index (χ0n) is 15.4. The molecule has 4 aromatic rings. The maximum atomic E-state index is 14.0. The highest BCUT2D eigenvalue weighted by Crippen LogP contribution is 2.28. The first-order valence-corrected chi connectivity index (χ1v) is 10.5. The molecule has 0 aliphatic heterocycles. The zero-order valence-corrected chi connectivity index (χ0v) is 17.0. The van der Waals surface area contributed by atoms with Gasteiger partial charge in [0.2, 0.25) is 0 Å². The first-order chi connectivity index (χ1) is 13.6. The van der Waals surface area contributed by atoms with Crippen molar-refractivity contribution >= 4 is 33.9 Å². The van der Waals surface area contributed by atoms with E-state index in [2.05, 4.69) is 39.6 Å². The normalized spacial score (nSPS) is 11.0. The first kappa shape index (κ1) is 18.6. The Morgan fingerprint density at radius 3 is 2.68 bits per heavy atom. The van der Waals surface area contributed by atoms with Gasteiger partial charge >= 0.3 is 0 Å². The second-order valence-corrected chi connectivity index (χ2v) is 8.07. The summed E-state index contributed by atoms with van der Waals surface area (Å²) in [5, 5.41) is 15.3. The van der Waals surface area contributed by atoms with Crippen LogP contribution in [0, 0.1) is 12.7 Å². The Bertz CT molecular complexity index is 1090. The molecule has 4 rings (SSSR count). The number of hydrogen-bond donors (Lipinski definition) is 1. The summed E-state index contributed by atoms with van der Waals surface area (Å²) in [6, 6.07) is 14.8. The summed E-state index contributed by atoms with van der Waals surface area (Å²) in [7, 11) is 1.84. The van der Waals surface area contributed by atoms with Crippen LogP contribution in [0.15, 0.2) is 59.1 Å². The summed E-state index contributed by atoms with van der Waals surface area (Å²) in [4.78, 5) is 4.62. The van der Waals surface area contributed by atoms with Gasteiger partial charge in [0.05, 0.1) is 11.3 Å². The van der Waals surface area contributed by atoms with Gasteiger partial charge in [-0.3, -0.25) is 0 Å². The fraction of sp³-hybridized carbons (Fsp3) is 0.150. The van der Waals surface area contributed by atoms with E-state index < -0.39 is 0 Å². The Labute approximate surface area is 170 Å². The largest absolute Gasteiger partial charge is 0.332 e. The summed E-state index contributed by atoms with van der Waals surface area (Å²) in [6.45, 7) is 2.06. The predicted molar refractivity (Wildman–Crippen MR) is 113 cm³/mol. The molecule has 0 unspecified atom stereocenters. The number of thioether (sulfide) groups is 1. The average Bonchev–Trinajstić information content (AvgIpc) is 3.29. The monoisotopic (exact) mass is 411 g/mol. The Morgan fingerprint density at radius 2 is 1.89 bits per heavy atom. The van der Waals surface area contributed by atoms with Crippen molar-refractivity contribution in [3.8, 4) is 11.4 Å². The van der Waals surface area contributed by atoms with Crippen molar-refractivity contribution in [1.82, 2.24) is 19.7 Å². The van der Waals surface area contributed by atoms with Crippen LogP contribution < -0.4 is 5.32 Å². The van der Waals surface area contributed by atoms with Crippen LogP contribution in [-0.2, 0) is 12.8 Å². The Hall–Kier alpha value is -2.71. The Kier molecular flexibility index (Phi) is 5.40. The molecule has 142 valence electrons. The van der Waals surface area contributed by atoms with Gasteiger partial charge in [-0.25, -0.2) is 9.37 Å². The van der Waals surface area contributed by atoms with E-state index in [0.29, 0.717) is 17.1 Å². The molecule has 0 aliphatic rings. The lowest BCUT2D eigenvalue weighted by Crippen LogP contribution is -1.97. The summed E-state index contributed by atoms with van der Waals surface area (Å²) >= 11 is 3.09. The lowest BCUT2D eigenvalue weighted by atomic mass is 10.2. The number of aromatic nitrogens is 4. The lowest BCUT2D eigenvalue weighted by Gasteiger charge is -2.04. The molecule has 1 N–H and O–H groups in total. The number of nitrogens with zero attached hydrogens (tertiary/aromatic N) is 4. The molecule has 28 heavy (non-hydrogen) atoms. The van der Waals surface area contributed by atoms with Gasteiger partial charge in [-0.15, -0.1) is 21.5 Å². The van der Waals surface area contributed by atoms with Gasteiger partial charge < -0.3 is 9.88 Å². The molecule has 2 aromatic carbocycles. The van der Waals surface area contributed by atoms with Crippen LogP contribution in [0.4, 0.5) is 15.2 Å². The van der Waals surface area contributed by atoms with Gasteiger partial charge in [-0.2, -0.15) is 0 Å². The minimum Gasteiger partial charge on any atom is -0.332 e. The molecule has 8 heteroatoms. The van der Waals surface area contributed by atoms with Gasteiger partial charge in [-0.05, 0) is 31.2 Å². The summed E-state index contributed by atoms with van der Waals surface area (Å²) < 4.78 is 15.8. The van der Waals surface area contributed by atoms with Crippen LogP contribution in [-0.4, -0.2) is 19.7 Å². The number of halogens is 1. The van der Waals surface area contributed by atoms with Crippen molar-refractivity contribution < 1.29 is 4.39 Å². The quantitative estimate of drug-likeness (QED) is 0.429. The molecule has 0 saturated carbocycles. The van der Waals surface area contributed by atoms with Crippen molar-refractivity contribution in [2.45, 2.75) is 17.8 Å². The highest BCUT2D eigenvalue weighted by molar-refractivity contribution is 7.98. The van der Waals surface area contributed by atoms with Gasteiger partial charge in [0.15, 0.2) is 16.1 Å². The number of hydrogen-bond acceptors (Lipinski definition) is 6. The van der Waals surface area contributed by atoms with Crippen molar-refractivity contribution in [1.29, 1.82) is 0 Å². The molecule has 0 fully saturated rings. The summed E-state index contributed by atoms with van der Waals surface area (Å²) in [6.07, 6.45) is 0.